The molecule has 0 spiro atoms. The highest BCUT2D eigenvalue weighted by molar-refractivity contribution is 5.67. The lowest BCUT2D eigenvalue weighted by atomic mass is 10.3. The third kappa shape index (κ3) is 6.16. The van der Waals surface area contributed by atoms with Crippen molar-refractivity contribution in [2.75, 3.05) is 20.2 Å². The molecular weight excluding hydrogens is 170 g/mol. The summed E-state index contributed by atoms with van der Waals surface area (Å²) in [6.07, 6.45) is 1.29. The van der Waals surface area contributed by atoms with Gasteiger partial charge < -0.3 is 14.7 Å². The van der Waals surface area contributed by atoms with Gasteiger partial charge in [0.05, 0.1) is 6.10 Å². The normalized spacial score (nSPS) is 11.9. The first kappa shape index (κ1) is 12.0. The predicted molar refractivity (Wildman–Crippen MR) is 50.5 cm³/mol. The van der Waals surface area contributed by atoms with Crippen LogP contribution in [0.15, 0.2) is 12.7 Å². The summed E-state index contributed by atoms with van der Waals surface area (Å²) in [6.45, 7) is 5.83. The number of nitrogens with zero attached hydrogens (tertiary/aromatic N) is 1. The Bertz CT molecular complexity index is 168. The average molecular weight is 187 g/mol. The average Bonchev–Trinajstić information content (AvgIpc) is 2.10. The van der Waals surface area contributed by atoms with E-state index in [4.69, 9.17) is 9.84 Å². The maximum atomic E-state index is 11.1. The van der Waals surface area contributed by atoms with Gasteiger partial charge in [0.2, 0.25) is 0 Å². The molecule has 0 aliphatic rings. The van der Waals surface area contributed by atoms with Crippen LogP contribution in [0.5, 0.6) is 0 Å². The summed E-state index contributed by atoms with van der Waals surface area (Å²) in [5, 5.41) is 8.96. The molecule has 0 aliphatic carbocycles. The molecule has 13 heavy (non-hydrogen) atoms. The van der Waals surface area contributed by atoms with Gasteiger partial charge in [0, 0.05) is 13.6 Å². The van der Waals surface area contributed by atoms with Gasteiger partial charge in [-0.25, -0.2) is 4.79 Å². The van der Waals surface area contributed by atoms with Crippen LogP contribution < -0.4 is 0 Å². The van der Waals surface area contributed by atoms with E-state index in [9.17, 15) is 4.79 Å². The SMILES string of the molecule is C=CCOC(=O)N(C)CCC(C)O. The molecule has 0 heterocycles. The fourth-order valence-electron chi connectivity index (χ4n) is 0.712. The van der Waals surface area contributed by atoms with Gasteiger partial charge in [0.25, 0.3) is 0 Å². The molecule has 0 bridgehead atoms. The van der Waals surface area contributed by atoms with E-state index in [2.05, 4.69) is 6.58 Å². The van der Waals surface area contributed by atoms with Crippen LogP contribution in [-0.4, -0.2) is 42.4 Å². The van der Waals surface area contributed by atoms with Crippen molar-refractivity contribution in [3.05, 3.63) is 12.7 Å². The van der Waals surface area contributed by atoms with E-state index in [1.165, 1.54) is 11.0 Å². The summed E-state index contributed by atoms with van der Waals surface area (Å²) in [6, 6.07) is 0. The molecule has 0 rings (SSSR count). The number of aliphatic hydroxyl groups is 1. The van der Waals surface area contributed by atoms with Crippen molar-refractivity contribution in [3.63, 3.8) is 0 Å². The molecule has 0 aromatic rings. The number of aliphatic hydroxyl groups excluding tert-OH is 1. The van der Waals surface area contributed by atoms with Crippen molar-refractivity contribution in [2.24, 2.45) is 0 Å². The highest BCUT2D eigenvalue weighted by Gasteiger charge is 2.09. The zero-order valence-electron chi connectivity index (χ0n) is 8.19. The molecule has 0 fully saturated rings. The number of carbonyl (C=O) groups excluding carboxylic acids is 1. The Labute approximate surface area is 78.8 Å². The molecule has 0 saturated carbocycles. The Morgan fingerprint density at radius 2 is 2.38 bits per heavy atom. The Hall–Kier alpha value is -1.03. The summed E-state index contributed by atoms with van der Waals surface area (Å²) in [5.74, 6) is 0. The largest absolute Gasteiger partial charge is 0.445 e. The zero-order chi connectivity index (χ0) is 10.3. The second-order valence-electron chi connectivity index (χ2n) is 2.92. The number of amides is 1. The van der Waals surface area contributed by atoms with Gasteiger partial charge in [-0.2, -0.15) is 0 Å². The number of hydrogen-bond donors (Lipinski definition) is 1. The minimum Gasteiger partial charge on any atom is -0.445 e. The zero-order valence-corrected chi connectivity index (χ0v) is 8.19. The first-order chi connectivity index (χ1) is 6.07. The minimum atomic E-state index is -0.394. The van der Waals surface area contributed by atoms with E-state index in [0.29, 0.717) is 13.0 Å². The Morgan fingerprint density at radius 3 is 2.85 bits per heavy atom. The topological polar surface area (TPSA) is 49.8 Å². The molecule has 76 valence electrons. The first-order valence-corrected chi connectivity index (χ1v) is 4.24. The molecule has 4 nitrogen and oxygen atoms in total. The number of carbonyl (C=O) groups is 1. The van der Waals surface area contributed by atoms with Gasteiger partial charge in [-0.15, -0.1) is 0 Å². The molecular formula is C9H17NO3. The van der Waals surface area contributed by atoms with E-state index in [1.807, 2.05) is 0 Å². The van der Waals surface area contributed by atoms with Gasteiger partial charge in [-0.05, 0) is 13.3 Å². The summed E-state index contributed by atoms with van der Waals surface area (Å²) < 4.78 is 4.77. The van der Waals surface area contributed by atoms with Gasteiger partial charge in [-0.1, -0.05) is 12.7 Å². The summed E-state index contributed by atoms with van der Waals surface area (Å²) in [7, 11) is 1.63. The van der Waals surface area contributed by atoms with Crippen LogP contribution in [0.1, 0.15) is 13.3 Å². The fraction of sp³-hybridized carbons (Fsp3) is 0.667. The van der Waals surface area contributed by atoms with Crippen LogP contribution in [0.25, 0.3) is 0 Å². The van der Waals surface area contributed by atoms with Crippen LogP contribution in [0.4, 0.5) is 4.79 Å². The van der Waals surface area contributed by atoms with E-state index in [0.717, 1.165) is 0 Å². The molecule has 4 heteroatoms. The maximum Gasteiger partial charge on any atom is 0.409 e. The molecule has 1 amide bonds. The smallest absolute Gasteiger partial charge is 0.409 e. The van der Waals surface area contributed by atoms with Gasteiger partial charge in [0.1, 0.15) is 6.61 Å². The van der Waals surface area contributed by atoms with Crippen molar-refractivity contribution in [2.45, 2.75) is 19.4 Å². The molecule has 0 saturated heterocycles. The molecule has 0 radical (unpaired) electrons. The lowest BCUT2D eigenvalue weighted by molar-refractivity contribution is 0.112. The molecule has 0 aromatic carbocycles. The molecule has 0 aliphatic heterocycles. The highest BCUT2D eigenvalue weighted by atomic mass is 16.6. The highest BCUT2D eigenvalue weighted by Crippen LogP contribution is 1.96. The minimum absolute atomic E-state index is 0.220. The third-order valence-corrected chi connectivity index (χ3v) is 1.52. The van der Waals surface area contributed by atoms with Crippen LogP contribution >= 0.6 is 0 Å². The number of ether oxygens (including phenoxy) is 1. The van der Waals surface area contributed by atoms with E-state index in [-0.39, 0.29) is 12.7 Å². The summed E-state index contributed by atoms with van der Waals surface area (Å²) >= 11 is 0. The predicted octanol–water partition coefficient (Wildman–Crippen LogP) is 1.01. The third-order valence-electron chi connectivity index (χ3n) is 1.52. The van der Waals surface area contributed by atoms with Crippen LogP contribution in [0, 0.1) is 0 Å². The van der Waals surface area contributed by atoms with Crippen molar-refractivity contribution in [1.82, 2.24) is 4.90 Å². The Morgan fingerprint density at radius 1 is 1.77 bits per heavy atom. The molecule has 1 atom stereocenters. The Balaban J connectivity index is 3.62. The van der Waals surface area contributed by atoms with Crippen molar-refractivity contribution < 1.29 is 14.6 Å². The van der Waals surface area contributed by atoms with E-state index < -0.39 is 6.10 Å². The number of hydrogen-bond acceptors (Lipinski definition) is 3. The number of rotatable bonds is 5. The molecule has 1 unspecified atom stereocenters. The van der Waals surface area contributed by atoms with Crippen LogP contribution in [-0.2, 0) is 4.74 Å². The van der Waals surface area contributed by atoms with E-state index in [1.54, 1.807) is 14.0 Å². The van der Waals surface area contributed by atoms with Crippen molar-refractivity contribution in [3.8, 4) is 0 Å². The second-order valence-corrected chi connectivity index (χ2v) is 2.92. The maximum absolute atomic E-state index is 11.1. The van der Waals surface area contributed by atoms with Gasteiger partial charge in [-0.3, -0.25) is 0 Å². The monoisotopic (exact) mass is 187 g/mol. The van der Waals surface area contributed by atoms with Crippen molar-refractivity contribution in [1.29, 1.82) is 0 Å². The van der Waals surface area contributed by atoms with Crippen molar-refractivity contribution >= 4 is 6.09 Å². The van der Waals surface area contributed by atoms with E-state index >= 15 is 0 Å². The second kappa shape index (κ2) is 6.48. The molecule has 1 N–H and O–H groups in total. The van der Waals surface area contributed by atoms with Gasteiger partial charge >= 0.3 is 6.09 Å². The Kier molecular flexibility index (Phi) is 5.97. The first-order valence-electron chi connectivity index (χ1n) is 4.24. The summed E-state index contributed by atoms with van der Waals surface area (Å²) in [5.41, 5.74) is 0. The quantitative estimate of drug-likeness (QED) is 0.653. The lowest BCUT2D eigenvalue weighted by Crippen LogP contribution is -2.30. The summed E-state index contributed by atoms with van der Waals surface area (Å²) in [4.78, 5) is 12.5. The van der Waals surface area contributed by atoms with Crippen LogP contribution in [0.3, 0.4) is 0 Å². The molecule has 0 aromatic heterocycles. The van der Waals surface area contributed by atoms with Gasteiger partial charge in [0.15, 0.2) is 0 Å². The van der Waals surface area contributed by atoms with Crippen LogP contribution in [0.2, 0.25) is 0 Å². The fourth-order valence-corrected chi connectivity index (χ4v) is 0.712. The lowest BCUT2D eigenvalue weighted by Gasteiger charge is -2.16. The standard InChI is InChI=1S/C9H17NO3/c1-4-7-13-9(12)10(3)6-5-8(2)11/h4,8,11H,1,5-7H2,2-3H3.